The van der Waals surface area contributed by atoms with Gasteiger partial charge in [-0.25, -0.2) is 8.78 Å². The normalized spacial score (nSPS) is 38.9. The predicted molar refractivity (Wildman–Crippen MR) is 76.8 cm³/mol. The van der Waals surface area contributed by atoms with Crippen LogP contribution in [0.2, 0.25) is 0 Å². The summed E-state index contributed by atoms with van der Waals surface area (Å²) in [6.07, 6.45) is 8.31. The lowest BCUT2D eigenvalue weighted by molar-refractivity contribution is -0.130. The molecule has 0 aromatic rings. The molecule has 2 saturated carbocycles. The zero-order valence-electron chi connectivity index (χ0n) is 12.6. The van der Waals surface area contributed by atoms with Crippen LogP contribution in [-0.2, 0) is 4.79 Å². The summed E-state index contributed by atoms with van der Waals surface area (Å²) < 4.78 is 26.1. The molecule has 116 valence electrons. The van der Waals surface area contributed by atoms with E-state index < -0.39 is 11.8 Å². The second-order valence-corrected chi connectivity index (χ2v) is 7.06. The molecule has 3 heteroatoms. The van der Waals surface area contributed by atoms with Gasteiger partial charge in [-0.1, -0.05) is 32.6 Å². The number of alkyl halides is 2. The molecule has 0 atom stereocenters. The van der Waals surface area contributed by atoms with Crippen molar-refractivity contribution in [2.24, 2.45) is 23.2 Å². The third-order valence-corrected chi connectivity index (χ3v) is 5.89. The summed E-state index contributed by atoms with van der Waals surface area (Å²) in [6.45, 7) is 2.25. The van der Waals surface area contributed by atoms with Crippen molar-refractivity contribution in [3.63, 3.8) is 0 Å². The van der Waals surface area contributed by atoms with Gasteiger partial charge in [0.15, 0.2) is 0 Å². The van der Waals surface area contributed by atoms with Crippen LogP contribution in [0.4, 0.5) is 8.78 Å². The molecule has 0 radical (unpaired) electrons. The summed E-state index contributed by atoms with van der Waals surface area (Å²) in [5.41, 5.74) is -1.32. The molecule has 0 bridgehead atoms. The second kappa shape index (κ2) is 7.00. The van der Waals surface area contributed by atoms with E-state index in [1.807, 2.05) is 0 Å². The van der Waals surface area contributed by atoms with Gasteiger partial charge in [-0.3, -0.25) is 0 Å². The Hall–Kier alpha value is -0.470. The molecular weight excluding hydrogens is 258 g/mol. The van der Waals surface area contributed by atoms with Crippen molar-refractivity contribution in [1.82, 2.24) is 0 Å². The van der Waals surface area contributed by atoms with E-state index in [1.165, 1.54) is 38.5 Å². The summed E-state index contributed by atoms with van der Waals surface area (Å²) >= 11 is 0. The molecule has 0 aliphatic heterocycles. The van der Waals surface area contributed by atoms with Gasteiger partial charge in [-0.15, -0.1) is 0 Å². The molecule has 0 spiro atoms. The highest BCUT2D eigenvalue weighted by Crippen LogP contribution is 2.47. The number of hydrogen-bond donors (Lipinski definition) is 0. The molecule has 0 aromatic heterocycles. The molecule has 0 saturated heterocycles. The summed E-state index contributed by atoms with van der Waals surface area (Å²) in [5.74, 6) is 2.21. The Labute approximate surface area is 121 Å². The Kier molecular flexibility index (Phi) is 5.57. The van der Waals surface area contributed by atoms with Crippen molar-refractivity contribution >= 4 is 6.29 Å². The van der Waals surface area contributed by atoms with Crippen molar-refractivity contribution in [3.05, 3.63) is 0 Å². The molecule has 2 rings (SSSR count). The second-order valence-electron chi connectivity index (χ2n) is 7.06. The number of halogens is 2. The van der Waals surface area contributed by atoms with Crippen LogP contribution in [0.25, 0.3) is 0 Å². The Balaban J connectivity index is 1.81. The van der Waals surface area contributed by atoms with Crippen LogP contribution in [0.1, 0.15) is 71.1 Å². The minimum Gasteiger partial charge on any atom is -0.303 e. The molecule has 0 amide bonds. The molecule has 0 unspecified atom stereocenters. The largest absolute Gasteiger partial charge is 0.303 e. The van der Waals surface area contributed by atoms with E-state index in [9.17, 15) is 13.6 Å². The molecule has 0 N–H and O–H groups in total. The molecule has 2 fully saturated rings. The predicted octanol–water partition coefficient (Wildman–Crippen LogP) is 5.23. The molecular formula is C17H28F2O. The van der Waals surface area contributed by atoms with Crippen LogP contribution in [0.3, 0.4) is 0 Å². The Morgan fingerprint density at radius 1 is 1.05 bits per heavy atom. The van der Waals surface area contributed by atoms with Crippen molar-refractivity contribution in [2.45, 2.75) is 77.6 Å². The van der Waals surface area contributed by atoms with Crippen molar-refractivity contribution in [3.8, 4) is 0 Å². The molecule has 0 aromatic carbocycles. The van der Waals surface area contributed by atoms with Gasteiger partial charge in [0.2, 0.25) is 0 Å². The van der Waals surface area contributed by atoms with E-state index in [2.05, 4.69) is 6.92 Å². The monoisotopic (exact) mass is 286 g/mol. The summed E-state index contributed by atoms with van der Waals surface area (Å²) in [7, 11) is 0. The van der Waals surface area contributed by atoms with Gasteiger partial charge in [0.25, 0.3) is 6.43 Å². The minimum absolute atomic E-state index is 0.397. The molecule has 1 nitrogen and oxygen atoms in total. The van der Waals surface area contributed by atoms with E-state index in [0.717, 1.165) is 24.7 Å². The maximum atomic E-state index is 13.1. The lowest BCUT2D eigenvalue weighted by Crippen LogP contribution is -2.37. The van der Waals surface area contributed by atoms with Crippen molar-refractivity contribution in [1.29, 1.82) is 0 Å². The summed E-state index contributed by atoms with van der Waals surface area (Å²) in [5, 5.41) is 0. The van der Waals surface area contributed by atoms with Crippen LogP contribution in [0, 0.1) is 23.2 Å². The van der Waals surface area contributed by atoms with Gasteiger partial charge >= 0.3 is 0 Å². The quantitative estimate of drug-likeness (QED) is 0.632. The highest BCUT2D eigenvalue weighted by molar-refractivity contribution is 5.60. The van der Waals surface area contributed by atoms with E-state index >= 15 is 0 Å². The fourth-order valence-electron chi connectivity index (χ4n) is 4.39. The van der Waals surface area contributed by atoms with Gasteiger partial charge in [0.05, 0.1) is 5.41 Å². The molecule has 0 heterocycles. The van der Waals surface area contributed by atoms with Gasteiger partial charge in [0.1, 0.15) is 6.29 Å². The lowest BCUT2D eigenvalue weighted by atomic mass is 9.65. The van der Waals surface area contributed by atoms with Gasteiger partial charge in [-0.2, -0.15) is 0 Å². The fraction of sp³-hybridized carbons (Fsp3) is 0.941. The van der Waals surface area contributed by atoms with Crippen LogP contribution < -0.4 is 0 Å². The van der Waals surface area contributed by atoms with Gasteiger partial charge in [0, 0.05) is 0 Å². The fourth-order valence-corrected chi connectivity index (χ4v) is 4.39. The Bertz CT molecular complexity index is 300. The van der Waals surface area contributed by atoms with Crippen LogP contribution in [-0.4, -0.2) is 12.7 Å². The van der Waals surface area contributed by atoms with E-state index in [4.69, 9.17) is 0 Å². The van der Waals surface area contributed by atoms with Crippen LogP contribution >= 0.6 is 0 Å². The molecule has 2 aliphatic rings. The standard InChI is InChI=1S/C17H28F2O/c1-2-3-13-4-6-14(7-5-13)15-8-10-17(12-20,11-9-15)16(18)19/h12-16H,2-11H2,1H3. The number of hydrogen-bond acceptors (Lipinski definition) is 1. The average Bonchev–Trinajstić information content (AvgIpc) is 2.48. The zero-order chi connectivity index (χ0) is 14.6. The summed E-state index contributed by atoms with van der Waals surface area (Å²) in [6, 6.07) is 0. The zero-order valence-corrected chi connectivity index (χ0v) is 12.6. The Morgan fingerprint density at radius 3 is 2.05 bits per heavy atom. The number of carbonyl (C=O) groups is 1. The third kappa shape index (κ3) is 3.40. The SMILES string of the molecule is CCCC1CCC(C2CCC(C=O)(C(F)F)CC2)CC1. The lowest BCUT2D eigenvalue weighted by Gasteiger charge is -2.40. The van der Waals surface area contributed by atoms with Gasteiger partial charge in [-0.05, 0) is 56.3 Å². The average molecular weight is 286 g/mol. The van der Waals surface area contributed by atoms with Crippen molar-refractivity contribution < 1.29 is 13.6 Å². The highest BCUT2D eigenvalue weighted by atomic mass is 19.3. The number of rotatable bonds is 5. The highest BCUT2D eigenvalue weighted by Gasteiger charge is 2.44. The third-order valence-electron chi connectivity index (χ3n) is 5.89. The first-order valence-electron chi connectivity index (χ1n) is 8.35. The first-order valence-corrected chi connectivity index (χ1v) is 8.35. The van der Waals surface area contributed by atoms with Crippen LogP contribution in [0.15, 0.2) is 0 Å². The van der Waals surface area contributed by atoms with Crippen molar-refractivity contribution in [2.75, 3.05) is 0 Å². The maximum absolute atomic E-state index is 13.1. The first kappa shape index (κ1) is 15.9. The minimum atomic E-state index is -2.48. The summed E-state index contributed by atoms with van der Waals surface area (Å²) in [4.78, 5) is 11.0. The van der Waals surface area contributed by atoms with Gasteiger partial charge < -0.3 is 4.79 Å². The molecule has 2 aliphatic carbocycles. The van der Waals surface area contributed by atoms with E-state index in [0.29, 0.717) is 25.0 Å². The molecule has 20 heavy (non-hydrogen) atoms. The Morgan fingerprint density at radius 2 is 1.60 bits per heavy atom. The maximum Gasteiger partial charge on any atom is 0.250 e. The van der Waals surface area contributed by atoms with Crippen LogP contribution in [0.5, 0.6) is 0 Å². The topological polar surface area (TPSA) is 17.1 Å². The smallest absolute Gasteiger partial charge is 0.250 e. The number of carbonyl (C=O) groups excluding carboxylic acids is 1. The van der Waals surface area contributed by atoms with E-state index in [-0.39, 0.29) is 0 Å². The number of aldehydes is 1. The first-order chi connectivity index (χ1) is 9.61. The van der Waals surface area contributed by atoms with E-state index in [1.54, 1.807) is 0 Å².